The number of allylic oxidation sites excluding steroid dienone is 2. The number of unbranched alkanes of at least 4 members (excludes halogenated alkanes) is 50. The van der Waals surface area contributed by atoms with Gasteiger partial charge in [-0.1, -0.05) is 348 Å². The maximum atomic E-state index is 14.2. The van der Waals surface area contributed by atoms with Crippen molar-refractivity contribution < 1.29 is 14.3 Å². The lowest BCUT2D eigenvalue weighted by atomic mass is 9.95. The summed E-state index contributed by atoms with van der Waals surface area (Å²) in [5, 5.41) is 0. The molecule has 1 amide bonds. The lowest BCUT2D eigenvalue weighted by molar-refractivity contribution is -0.149. The zero-order valence-electron chi connectivity index (χ0n) is 50.1. The highest BCUT2D eigenvalue weighted by Crippen LogP contribution is 2.23. The Morgan fingerprint density at radius 1 is 0.347 bits per heavy atom. The molecule has 0 aliphatic heterocycles. The Balaban J connectivity index is 4.02. The lowest BCUT2D eigenvalue weighted by Crippen LogP contribution is -2.38. The van der Waals surface area contributed by atoms with Crippen LogP contribution in [0.25, 0.3) is 0 Å². The number of hydrogen-bond acceptors (Lipinski definition) is 3. The number of carbonyl (C=O) groups is 2. The second kappa shape index (κ2) is 62.2. The van der Waals surface area contributed by atoms with Crippen molar-refractivity contribution in [3.05, 3.63) is 12.2 Å². The monoisotopic (exact) mass is 1010 g/mol. The van der Waals surface area contributed by atoms with E-state index in [0.717, 1.165) is 51.6 Å². The molecule has 0 rings (SSSR count). The molecule has 0 aromatic carbocycles. The van der Waals surface area contributed by atoms with Crippen LogP contribution in [0.1, 0.15) is 387 Å². The average Bonchev–Trinajstić information content (AvgIpc) is 3.38. The van der Waals surface area contributed by atoms with Crippen LogP contribution in [0.2, 0.25) is 0 Å². The van der Waals surface area contributed by atoms with Gasteiger partial charge < -0.3 is 9.64 Å². The third-order valence-corrected chi connectivity index (χ3v) is 16.1. The van der Waals surface area contributed by atoms with Crippen molar-refractivity contribution in [3.63, 3.8) is 0 Å². The van der Waals surface area contributed by atoms with Gasteiger partial charge in [0.15, 0.2) is 0 Å². The number of amides is 1. The molecule has 72 heavy (non-hydrogen) atoms. The van der Waals surface area contributed by atoms with Crippen molar-refractivity contribution in [1.29, 1.82) is 0 Å². The molecule has 0 aromatic heterocycles. The molecule has 0 saturated carbocycles. The second-order valence-electron chi connectivity index (χ2n) is 23.3. The SMILES string of the molecule is C/C=C/CCCCCCCCCCCCCCCCCCCCCCCCCCCCCCCCCCCCCC(CC(=O)OCCCCCCCC)C(=O)N(CCCCCCCC)CCCCCCCC. The van der Waals surface area contributed by atoms with Crippen LogP contribution in [-0.4, -0.2) is 36.5 Å². The fraction of sp³-hybridized carbons (Fsp3) is 0.941. The van der Waals surface area contributed by atoms with Crippen LogP contribution in [0.15, 0.2) is 12.2 Å². The molecule has 0 spiro atoms. The van der Waals surface area contributed by atoms with Gasteiger partial charge in [0, 0.05) is 19.0 Å². The van der Waals surface area contributed by atoms with Crippen LogP contribution in [-0.2, 0) is 14.3 Å². The number of rotatable bonds is 62. The number of esters is 1. The van der Waals surface area contributed by atoms with E-state index in [1.807, 2.05) is 0 Å². The molecule has 4 nitrogen and oxygen atoms in total. The molecular formula is C68H133NO3. The van der Waals surface area contributed by atoms with E-state index in [1.165, 1.54) is 315 Å². The smallest absolute Gasteiger partial charge is 0.306 e. The number of nitrogens with zero attached hydrogens (tertiary/aromatic N) is 1. The van der Waals surface area contributed by atoms with Crippen LogP contribution >= 0.6 is 0 Å². The van der Waals surface area contributed by atoms with Gasteiger partial charge in [-0.25, -0.2) is 0 Å². The average molecular weight is 1010 g/mol. The molecule has 1 unspecified atom stereocenters. The molecule has 428 valence electrons. The van der Waals surface area contributed by atoms with Gasteiger partial charge in [-0.15, -0.1) is 0 Å². The van der Waals surface area contributed by atoms with E-state index in [1.54, 1.807) is 0 Å². The standard InChI is InChI=1S/C68H133NO3/c1-5-9-13-17-21-22-23-24-25-26-27-28-29-30-31-32-33-34-35-36-37-38-39-40-41-42-43-44-45-46-47-48-49-50-51-52-53-57-61-66(65-67(70)72-64-60-56-20-16-12-8-4)68(71)69(62-58-54-18-14-10-6-2)63-59-55-19-15-11-7-3/h5,9,66H,6-8,10-65H2,1-4H3/b9-5+. The van der Waals surface area contributed by atoms with Crippen LogP contribution in [0.5, 0.6) is 0 Å². The summed E-state index contributed by atoms with van der Waals surface area (Å²) in [5.74, 6) is -0.152. The first kappa shape index (κ1) is 70.7. The lowest BCUT2D eigenvalue weighted by Gasteiger charge is -2.27. The summed E-state index contributed by atoms with van der Waals surface area (Å²) >= 11 is 0. The Morgan fingerprint density at radius 3 is 0.917 bits per heavy atom. The quantitative estimate of drug-likeness (QED) is 0.0346. The van der Waals surface area contributed by atoms with Crippen molar-refractivity contribution >= 4 is 11.9 Å². The van der Waals surface area contributed by atoms with E-state index in [-0.39, 0.29) is 24.2 Å². The van der Waals surface area contributed by atoms with E-state index in [4.69, 9.17) is 4.74 Å². The highest BCUT2D eigenvalue weighted by Gasteiger charge is 2.27. The highest BCUT2D eigenvalue weighted by atomic mass is 16.5. The normalized spacial score (nSPS) is 12.1. The van der Waals surface area contributed by atoms with Crippen LogP contribution in [0.3, 0.4) is 0 Å². The largest absolute Gasteiger partial charge is 0.466 e. The molecule has 0 N–H and O–H groups in total. The molecule has 0 aliphatic carbocycles. The van der Waals surface area contributed by atoms with Gasteiger partial charge >= 0.3 is 5.97 Å². The second-order valence-corrected chi connectivity index (χ2v) is 23.3. The van der Waals surface area contributed by atoms with Crippen molar-refractivity contribution in [2.24, 2.45) is 5.92 Å². The summed E-state index contributed by atoms with van der Waals surface area (Å²) in [7, 11) is 0. The third-order valence-electron chi connectivity index (χ3n) is 16.1. The molecule has 4 heteroatoms. The van der Waals surface area contributed by atoms with Crippen molar-refractivity contribution in [2.75, 3.05) is 19.7 Å². The Morgan fingerprint density at radius 2 is 0.611 bits per heavy atom. The van der Waals surface area contributed by atoms with Gasteiger partial charge in [0.25, 0.3) is 0 Å². The zero-order valence-corrected chi connectivity index (χ0v) is 50.1. The molecule has 0 heterocycles. The molecule has 0 aromatic rings. The van der Waals surface area contributed by atoms with Crippen molar-refractivity contribution in [1.82, 2.24) is 4.90 Å². The Labute approximate surface area is 454 Å². The van der Waals surface area contributed by atoms with Crippen LogP contribution < -0.4 is 0 Å². The molecule has 0 bridgehead atoms. The van der Waals surface area contributed by atoms with E-state index >= 15 is 0 Å². The zero-order chi connectivity index (χ0) is 52.2. The fourth-order valence-electron chi connectivity index (χ4n) is 11.1. The fourth-order valence-corrected chi connectivity index (χ4v) is 11.1. The molecule has 0 radical (unpaired) electrons. The maximum absolute atomic E-state index is 14.2. The predicted octanol–water partition coefficient (Wildman–Crippen LogP) is 23.5. The van der Waals surface area contributed by atoms with Gasteiger partial charge in [-0.3, -0.25) is 9.59 Å². The van der Waals surface area contributed by atoms with Crippen molar-refractivity contribution in [3.8, 4) is 0 Å². The van der Waals surface area contributed by atoms with Crippen LogP contribution in [0.4, 0.5) is 0 Å². The number of carbonyl (C=O) groups excluding carboxylic acids is 2. The van der Waals surface area contributed by atoms with E-state index in [2.05, 4.69) is 44.7 Å². The number of hydrogen-bond donors (Lipinski definition) is 0. The minimum atomic E-state index is -0.227. The van der Waals surface area contributed by atoms with Gasteiger partial charge in [-0.2, -0.15) is 0 Å². The molecule has 1 atom stereocenters. The van der Waals surface area contributed by atoms with E-state index in [0.29, 0.717) is 6.61 Å². The third kappa shape index (κ3) is 54.9. The Kier molecular flexibility index (Phi) is 61.1. The summed E-state index contributed by atoms with van der Waals surface area (Å²) in [6.07, 6.45) is 78.4. The first-order valence-electron chi connectivity index (χ1n) is 33.7. The Hall–Kier alpha value is -1.32. The summed E-state index contributed by atoms with van der Waals surface area (Å²) in [4.78, 5) is 29.5. The number of ether oxygens (including phenoxy) is 1. The van der Waals surface area contributed by atoms with Gasteiger partial charge in [-0.05, 0) is 45.4 Å². The van der Waals surface area contributed by atoms with Crippen molar-refractivity contribution in [2.45, 2.75) is 387 Å². The minimum absolute atomic E-state index is 0.156. The van der Waals surface area contributed by atoms with Crippen LogP contribution in [0, 0.1) is 5.92 Å². The summed E-state index contributed by atoms with van der Waals surface area (Å²) in [5.41, 5.74) is 0. The molecule has 0 aliphatic rings. The van der Waals surface area contributed by atoms with Gasteiger partial charge in [0.05, 0.1) is 13.0 Å². The first-order chi connectivity index (χ1) is 35.6. The van der Waals surface area contributed by atoms with E-state index < -0.39 is 0 Å². The van der Waals surface area contributed by atoms with Gasteiger partial charge in [0.2, 0.25) is 5.91 Å². The first-order valence-corrected chi connectivity index (χ1v) is 33.7. The summed E-state index contributed by atoms with van der Waals surface area (Å²) in [6.45, 7) is 11.1. The predicted molar refractivity (Wildman–Crippen MR) is 321 cm³/mol. The summed E-state index contributed by atoms with van der Waals surface area (Å²) in [6, 6.07) is 0. The molecule has 0 saturated heterocycles. The van der Waals surface area contributed by atoms with E-state index in [9.17, 15) is 9.59 Å². The minimum Gasteiger partial charge on any atom is -0.466 e. The van der Waals surface area contributed by atoms with Gasteiger partial charge in [0.1, 0.15) is 0 Å². The highest BCUT2D eigenvalue weighted by molar-refractivity contribution is 5.83. The molecule has 0 fully saturated rings. The molecular weight excluding hydrogens is 879 g/mol. The Bertz CT molecular complexity index is 1060. The maximum Gasteiger partial charge on any atom is 0.306 e. The summed E-state index contributed by atoms with van der Waals surface area (Å²) < 4.78 is 5.75. The topological polar surface area (TPSA) is 46.6 Å².